The Hall–Kier alpha value is -2.15. The Balaban J connectivity index is 1.71. The van der Waals surface area contributed by atoms with Gasteiger partial charge >= 0.3 is 0 Å². The summed E-state index contributed by atoms with van der Waals surface area (Å²) >= 11 is 1.61. The maximum absolute atomic E-state index is 12.9. The lowest BCUT2D eigenvalue weighted by atomic mass is 9.92. The number of piperidine rings is 1. The van der Waals surface area contributed by atoms with Crippen LogP contribution in [0.4, 0.5) is 0 Å². The number of amides is 1. The highest BCUT2D eigenvalue weighted by Gasteiger charge is 2.26. The summed E-state index contributed by atoms with van der Waals surface area (Å²) in [4.78, 5) is 27.6. The van der Waals surface area contributed by atoms with Gasteiger partial charge in [0.15, 0.2) is 0 Å². The highest BCUT2D eigenvalue weighted by molar-refractivity contribution is 7.17. The predicted molar refractivity (Wildman–Crippen MR) is 104 cm³/mol. The van der Waals surface area contributed by atoms with Crippen molar-refractivity contribution in [2.24, 2.45) is 11.8 Å². The molecule has 1 amide bonds. The Bertz CT molecular complexity index is 1020. The van der Waals surface area contributed by atoms with Gasteiger partial charge in [0.05, 0.1) is 10.2 Å². The molecule has 0 saturated carbocycles. The van der Waals surface area contributed by atoms with Crippen LogP contribution in [0.3, 0.4) is 0 Å². The zero-order chi connectivity index (χ0) is 18.4. The molecule has 1 aliphatic heterocycles. The molecule has 0 N–H and O–H groups in total. The molecule has 138 valence electrons. The van der Waals surface area contributed by atoms with Gasteiger partial charge in [-0.2, -0.15) is 5.10 Å². The molecule has 3 aromatic rings. The van der Waals surface area contributed by atoms with E-state index in [2.05, 4.69) is 18.9 Å². The number of aromatic nitrogens is 3. The number of fused-ring (bicyclic) bond motifs is 3. The average Bonchev–Trinajstić information content (AvgIpc) is 3.18. The molecular weight excluding hydrogens is 348 g/mol. The van der Waals surface area contributed by atoms with Crippen molar-refractivity contribution in [1.82, 2.24) is 19.1 Å². The smallest absolute Gasteiger partial charge is 0.291 e. The van der Waals surface area contributed by atoms with Crippen LogP contribution in [-0.2, 0) is 17.8 Å². The molecule has 4 rings (SSSR count). The average molecular weight is 372 g/mol. The van der Waals surface area contributed by atoms with Crippen molar-refractivity contribution in [2.75, 3.05) is 13.1 Å². The molecule has 6 nitrogen and oxygen atoms in total. The largest absolute Gasteiger partial charge is 0.341 e. The Labute approximate surface area is 156 Å². The van der Waals surface area contributed by atoms with Crippen LogP contribution in [0.15, 0.2) is 22.3 Å². The van der Waals surface area contributed by atoms with Crippen LogP contribution < -0.4 is 5.56 Å². The zero-order valence-electron chi connectivity index (χ0n) is 15.4. The van der Waals surface area contributed by atoms with Crippen LogP contribution in [0.2, 0.25) is 0 Å². The molecule has 0 radical (unpaired) electrons. The SMILES string of the molecule is CCc1nn(CC(=O)N2C[C@@H](C)C[C@H](C)C2)c(=O)c2cc3sccc3n12. The van der Waals surface area contributed by atoms with Crippen molar-refractivity contribution in [1.29, 1.82) is 0 Å². The van der Waals surface area contributed by atoms with E-state index >= 15 is 0 Å². The monoisotopic (exact) mass is 372 g/mol. The number of thiophene rings is 1. The van der Waals surface area contributed by atoms with Crippen molar-refractivity contribution in [3.05, 3.63) is 33.7 Å². The molecule has 26 heavy (non-hydrogen) atoms. The molecule has 0 bridgehead atoms. The van der Waals surface area contributed by atoms with Gasteiger partial charge in [0, 0.05) is 19.5 Å². The van der Waals surface area contributed by atoms with Crippen molar-refractivity contribution in [3.8, 4) is 0 Å². The van der Waals surface area contributed by atoms with E-state index in [0.29, 0.717) is 23.8 Å². The fourth-order valence-corrected chi connectivity index (χ4v) is 4.96. The summed E-state index contributed by atoms with van der Waals surface area (Å²) in [7, 11) is 0. The molecule has 0 unspecified atom stereocenters. The second-order valence-corrected chi connectivity index (χ2v) is 8.46. The van der Waals surface area contributed by atoms with Gasteiger partial charge in [-0.05, 0) is 35.8 Å². The van der Waals surface area contributed by atoms with Crippen molar-refractivity contribution < 1.29 is 4.79 Å². The zero-order valence-corrected chi connectivity index (χ0v) is 16.3. The van der Waals surface area contributed by atoms with Crippen molar-refractivity contribution in [3.63, 3.8) is 0 Å². The summed E-state index contributed by atoms with van der Waals surface area (Å²) in [5.41, 5.74) is 1.42. The standard InChI is InChI=1S/C19H24N4O2S/c1-4-17-20-22(11-18(24)21-9-12(2)7-13(3)10-21)19(25)15-8-16-14(23(15)17)5-6-26-16/h5-6,8,12-13H,4,7,9-11H2,1-3H3/t12-,13-/m0/s1. The topological polar surface area (TPSA) is 59.6 Å². The molecule has 4 heterocycles. The second-order valence-electron chi connectivity index (χ2n) is 7.51. The van der Waals surface area contributed by atoms with Gasteiger partial charge in [0.25, 0.3) is 5.56 Å². The first kappa shape index (κ1) is 17.3. The number of nitrogens with zero attached hydrogens (tertiary/aromatic N) is 4. The lowest BCUT2D eigenvalue weighted by molar-refractivity contribution is -0.134. The Morgan fingerprint density at radius 2 is 2.00 bits per heavy atom. The number of likely N-dealkylation sites (tertiary alicyclic amines) is 1. The first-order valence-electron chi connectivity index (χ1n) is 9.24. The van der Waals surface area contributed by atoms with Crippen LogP contribution in [-0.4, -0.2) is 38.1 Å². The summed E-state index contributed by atoms with van der Waals surface area (Å²) in [6.45, 7) is 7.92. The summed E-state index contributed by atoms with van der Waals surface area (Å²) < 4.78 is 4.35. The molecule has 7 heteroatoms. The maximum atomic E-state index is 12.9. The number of hydrogen-bond acceptors (Lipinski definition) is 4. The summed E-state index contributed by atoms with van der Waals surface area (Å²) in [6.07, 6.45) is 1.84. The normalized spacial score (nSPS) is 21.0. The lowest BCUT2D eigenvalue weighted by Gasteiger charge is -2.35. The minimum absolute atomic E-state index is 0.0145. The first-order valence-corrected chi connectivity index (χ1v) is 10.1. The lowest BCUT2D eigenvalue weighted by Crippen LogP contribution is -2.45. The molecule has 1 saturated heterocycles. The molecule has 1 aliphatic rings. The highest BCUT2D eigenvalue weighted by Crippen LogP contribution is 2.25. The van der Waals surface area contributed by atoms with Gasteiger partial charge in [-0.25, -0.2) is 4.68 Å². The Kier molecular flexibility index (Phi) is 4.34. The van der Waals surface area contributed by atoms with Gasteiger partial charge in [0.1, 0.15) is 17.9 Å². The minimum atomic E-state index is -0.197. The number of hydrogen-bond donors (Lipinski definition) is 0. The van der Waals surface area contributed by atoms with Crippen LogP contribution in [0, 0.1) is 11.8 Å². The van der Waals surface area contributed by atoms with E-state index in [9.17, 15) is 9.59 Å². The molecule has 0 aliphatic carbocycles. The van der Waals surface area contributed by atoms with Crippen LogP contribution in [0.5, 0.6) is 0 Å². The molecule has 1 fully saturated rings. The third kappa shape index (κ3) is 2.84. The van der Waals surface area contributed by atoms with Gasteiger partial charge in [0.2, 0.25) is 5.91 Å². The molecule has 2 atom stereocenters. The molecule has 0 spiro atoms. The van der Waals surface area contributed by atoms with E-state index in [1.54, 1.807) is 11.3 Å². The molecule has 3 aromatic heterocycles. The summed E-state index contributed by atoms with van der Waals surface area (Å²) in [6, 6.07) is 3.93. The quantitative estimate of drug-likeness (QED) is 0.710. The van der Waals surface area contributed by atoms with Gasteiger partial charge in [-0.3, -0.25) is 14.0 Å². The van der Waals surface area contributed by atoms with Crippen LogP contribution in [0.25, 0.3) is 15.7 Å². The van der Waals surface area contributed by atoms with Crippen molar-refractivity contribution >= 4 is 33.0 Å². The second kappa shape index (κ2) is 6.54. The number of rotatable bonds is 3. The van der Waals surface area contributed by atoms with Gasteiger partial charge in [-0.1, -0.05) is 20.8 Å². The number of carbonyl (C=O) groups is 1. The third-order valence-electron chi connectivity index (χ3n) is 5.19. The van der Waals surface area contributed by atoms with E-state index in [0.717, 1.165) is 35.6 Å². The van der Waals surface area contributed by atoms with Crippen molar-refractivity contribution in [2.45, 2.75) is 40.2 Å². The summed E-state index contributed by atoms with van der Waals surface area (Å²) in [5.74, 6) is 1.79. The van der Waals surface area contributed by atoms with Crippen LogP contribution in [0.1, 0.15) is 33.0 Å². The highest BCUT2D eigenvalue weighted by atomic mass is 32.1. The first-order chi connectivity index (χ1) is 12.5. The van der Waals surface area contributed by atoms with E-state index in [1.807, 2.05) is 33.7 Å². The van der Waals surface area contributed by atoms with Gasteiger partial charge < -0.3 is 4.90 Å². The summed E-state index contributed by atoms with van der Waals surface area (Å²) in [5, 5.41) is 6.54. The predicted octanol–water partition coefficient (Wildman–Crippen LogP) is 2.78. The van der Waals surface area contributed by atoms with Crippen LogP contribution >= 0.6 is 11.3 Å². The fourth-order valence-electron chi connectivity index (χ4n) is 4.15. The minimum Gasteiger partial charge on any atom is -0.341 e. The maximum Gasteiger partial charge on any atom is 0.291 e. The Morgan fingerprint density at radius 3 is 2.69 bits per heavy atom. The van der Waals surface area contributed by atoms with Gasteiger partial charge in [-0.15, -0.1) is 11.3 Å². The molecule has 0 aromatic carbocycles. The molecular formula is C19H24N4O2S. The number of aryl methyl sites for hydroxylation is 1. The fraction of sp³-hybridized carbons (Fsp3) is 0.526. The van der Waals surface area contributed by atoms with E-state index < -0.39 is 0 Å². The van der Waals surface area contributed by atoms with E-state index in [1.165, 1.54) is 4.68 Å². The third-order valence-corrected chi connectivity index (χ3v) is 6.05. The number of carbonyl (C=O) groups excluding carboxylic acids is 1. The van der Waals surface area contributed by atoms with E-state index in [4.69, 9.17) is 0 Å². The Morgan fingerprint density at radius 1 is 1.27 bits per heavy atom. The van der Waals surface area contributed by atoms with E-state index in [-0.39, 0.29) is 18.0 Å².